The molecule has 0 radical (unpaired) electrons. The van der Waals surface area contributed by atoms with E-state index in [0.29, 0.717) is 0 Å². The first kappa shape index (κ1) is 15.4. The van der Waals surface area contributed by atoms with Crippen molar-refractivity contribution in [2.45, 2.75) is 37.7 Å². The summed E-state index contributed by atoms with van der Waals surface area (Å²) >= 11 is 0. The van der Waals surface area contributed by atoms with E-state index >= 15 is 0 Å². The zero-order chi connectivity index (χ0) is 17.1. The molecule has 0 spiro atoms. The van der Waals surface area contributed by atoms with Crippen LogP contribution in [-0.4, -0.2) is 20.9 Å². The number of aromatic nitrogens is 3. The smallest absolute Gasteiger partial charge is 0.239 e. The van der Waals surface area contributed by atoms with Crippen LogP contribution in [0.15, 0.2) is 36.9 Å². The second-order valence-corrected chi connectivity index (χ2v) is 6.43. The number of halogens is 4. The molecule has 4 rings (SSSR count). The predicted octanol–water partition coefficient (Wildman–Crippen LogP) is 4.64. The molecule has 2 unspecified atom stereocenters. The van der Waals surface area contributed by atoms with Gasteiger partial charge in [-0.25, -0.2) is 14.1 Å². The van der Waals surface area contributed by atoms with E-state index in [1.165, 1.54) is 4.68 Å². The number of fused-ring (bicyclic) bond motifs is 1. The van der Waals surface area contributed by atoms with E-state index in [-0.39, 0.29) is 42.5 Å². The number of allylic oxidation sites excluding steroid dienone is 1. The maximum Gasteiger partial charge on any atom is 0.398 e. The molecule has 24 heavy (non-hydrogen) atoms. The summed E-state index contributed by atoms with van der Waals surface area (Å²) in [6, 6.07) is 8.86. The molecule has 1 aromatic carbocycles. The molecule has 2 aromatic rings. The van der Waals surface area contributed by atoms with Crippen molar-refractivity contribution in [1.29, 1.82) is 0 Å². The maximum absolute atomic E-state index is 14.3. The highest BCUT2D eigenvalue weighted by atomic mass is 19.4. The lowest BCUT2D eigenvalue weighted by Gasteiger charge is -2.20. The summed E-state index contributed by atoms with van der Waals surface area (Å²) in [7, 11) is 0. The van der Waals surface area contributed by atoms with E-state index in [1.54, 1.807) is 0 Å². The average molecular weight is 337 g/mol. The van der Waals surface area contributed by atoms with Crippen molar-refractivity contribution in [3.05, 3.63) is 54.1 Å². The normalized spacial score (nSPS) is 24.7. The molecule has 1 aliphatic heterocycles. The maximum atomic E-state index is 14.3. The summed E-state index contributed by atoms with van der Waals surface area (Å²) in [4.78, 5) is 4.04. The monoisotopic (exact) mass is 337 g/mol. The lowest BCUT2D eigenvalue weighted by molar-refractivity contribution is -0.168. The van der Waals surface area contributed by atoms with Crippen molar-refractivity contribution in [3.63, 3.8) is 0 Å². The molecule has 7 heteroatoms. The Morgan fingerprint density at radius 2 is 1.88 bits per heavy atom. The fourth-order valence-electron chi connectivity index (χ4n) is 3.36. The Morgan fingerprint density at radius 1 is 1.21 bits per heavy atom. The summed E-state index contributed by atoms with van der Waals surface area (Å²) < 4.78 is 55.5. The fraction of sp³-hybridized carbons (Fsp3) is 0.412. The number of hydrogen-bond acceptors (Lipinski definition) is 2. The minimum atomic E-state index is -4.38. The van der Waals surface area contributed by atoms with Crippen LogP contribution < -0.4 is 0 Å². The van der Waals surface area contributed by atoms with Crippen LogP contribution in [0.5, 0.6) is 0 Å². The van der Waals surface area contributed by atoms with Gasteiger partial charge in [0.2, 0.25) is 0 Å². The number of alkyl halides is 4. The van der Waals surface area contributed by atoms with Crippen LogP contribution in [0.25, 0.3) is 5.57 Å². The third-order valence-corrected chi connectivity index (χ3v) is 4.99. The lowest BCUT2D eigenvalue weighted by atomic mass is 9.96. The zero-order valence-electron chi connectivity index (χ0n) is 12.7. The Kier molecular flexibility index (Phi) is 3.14. The number of benzene rings is 1. The Labute approximate surface area is 136 Å². The van der Waals surface area contributed by atoms with E-state index in [4.69, 9.17) is 0 Å². The zero-order valence-corrected chi connectivity index (χ0v) is 12.7. The van der Waals surface area contributed by atoms with Crippen molar-refractivity contribution < 1.29 is 17.6 Å². The van der Waals surface area contributed by atoms with E-state index < -0.39 is 17.8 Å². The average Bonchev–Trinajstić information content (AvgIpc) is 3.17. The van der Waals surface area contributed by atoms with Crippen LogP contribution in [-0.2, 0) is 0 Å². The number of nitrogens with zero attached hydrogens (tertiary/aromatic N) is 3. The highest BCUT2D eigenvalue weighted by Crippen LogP contribution is 2.64. The lowest BCUT2D eigenvalue weighted by Crippen LogP contribution is -2.26. The second kappa shape index (κ2) is 4.91. The van der Waals surface area contributed by atoms with Crippen molar-refractivity contribution in [1.82, 2.24) is 14.8 Å². The molecule has 3 nitrogen and oxygen atoms in total. The third-order valence-electron chi connectivity index (χ3n) is 4.99. The molecule has 2 heterocycles. The van der Waals surface area contributed by atoms with Gasteiger partial charge in [-0.1, -0.05) is 36.9 Å². The molecule has 0 amide bonds. The fourth-order valence-corrected chi connectivity index (χ4v) is 3.36. The number of hydrogen-bond donors (Lipinski definition) is 0. The van der Waals surface area contributed by atoms with Gasteiger partial charge in [0.15, 0.2) is 17.8 Å². The van der Waals surface area contributed by atoms with E-state index in [0.717, 1.165) is 5.56 Å². The molecule has 2 atom stereocenters. The van der Waals surface area contributed by atoms with Gasteiger partial charge in [-0.05, 0) is 18.4 Å². The van der Waals surface area contributed by atoms with Crippen molar-refractivity contribution >= 4 is 5.57 Å². The molecule has 2 aliphatic rings. The van der Waals surface area contributed by atoms with E-state index in [1.807, 2.05) is 30.3 Å². The van der Waals surface area contributed by atoms with Gasteiger partial charge < -0.3 is 0 Å². The van der Waals surface area contributed by atoms with Gasteiger partial charge in [0, 0.05) is 12.0 Å². The topological polar surface area (TPSA) is 30.7 Å². The molecule has 0 N–H and O–H groups in total. The van der Waals surface area contributed by atoms with E-state index in [9.17, 15) is 17.6 Å². The Bertz CT molecular complexity index is 790. The third kappa shape index (κ3) is 2.10. The van der Waals surface area contributed by atoms with Gasteiger partial charge in [0.1, 0.15) is 0 Å². The van der Waals surface area contributed by atoms with Crippen LogP contribution in [0.3, 0.4) is 0 Å². The van der Waals surface area contributed by atoms with Gasteiger partial charge in [-0.3, -0.25) is 0 Å². The van der Waals surface area contributed by atoms with Crippen LogP contribution in [0.2, 0.25) is 0 Å². The molecular weight excluding hydrogens is 322 g/mol. The summed E-state index contributed by atoms with van der Waals surface area (Å²) in [6.45, 7) is 3.58. The summed E-state index contributed by atoms with van der Waals surface area (Å²) in [6.07, 6.45) is -5.56. The van der Waals surface area contributed by atoms with Crippen LogP contribution in [0.4, 0.5) is 17.6 Å². The SMILES string of the molecule is C=C(c1nc2n(n1)C(c1ccccc1)CC2F)C1(C(F)(F)F)CC1. The first-order valence-electron chi connectivity index (χ1n) is 7.75. The Balaban J connectivity index is 1.71. The first-order valence-corrected chi connectivity index (χ1v) is 7.75. The molecule has 1 fully saturated rings. The number of rotatable bonds is 3. The predicted molar refractivity (Wildman–Crippen MR) is 79.8 cm³/mol. The van der Waals surface area contributed by atoms with E-state index in [2.05, 4.69) is 16.7 Å². The van der Waals surface area contributed by atoms with Crippen LogP contribution >= 0.6 is 0 Å². The molecule has 0 bridgehead atoms. The van der Waals surface area contributed by atoms with Gasteiger partial charge in [-0.2, -0.15) is 18.3 Å². The molecule has 1 aromatic heterocycles. The molecule has 126 valence electrons. The van der Waals surface area contributed by atoms with Crippen molar-refractivity contribution in [2.75, 3.05) is 0 Å². The minimum absolute atomic E-state index is 0.0135. The highest BCUT2D eigenvalue weighted by molar-refractivity contribution is 5.67. The highest BCUT2D eigenvalue weighted by Gasteiger charge is 2.65. The molecule has 0 saturated heterocycles. The van der Waals surface area contributed by atoms with Gasteiger partial charge in [0.25, 0.3) is 0 Å². The Hall–Kier alpha value is -2.18. The van der Waals surface area contributed by atoms with Gasteiger partial charge in [0.05, 0.1) is 11.5 Å². The molecule has 1 aliphatic carbocycles. The summed E-state index contributed by atoms with van der Waals surface area (Å²) in [5.41, 5.74) is -1.24. The minimum Gasteiger partial charge on any atom is -0.239 e. The second-order valence-electron chi connectivity index (χ2n) is 6.43. The first-order chi connectivity index (χ1) is 11.3. The standard InChI is InChI=1S/C17H15F4N3/c1-10(16(7-8-16)17(19,20)21)14-22-15-12(18)9-13(24(15)23-14)11-5-3-2-4-6-11/h2-6,12-13H,1,7-9H2. The summed E-state index contributed by atoms with van der Waals surface area (Å²) in [5, 5.41) is 4.18. The van der Waals surface area contributed by atoms with Crippen LogP contribution in [0.1, 0.15) is 48.7 Å². The van der Waals surface area contributed by atoms with Crippen LogP contribution in [0, 0.1) is 5.41 Å². The van der Waals surface area contributed by atoms with Gasteiger partial charge in [-0.15, -0.1) is 0 Å². The largest absolute Gasteiger partial charge is 0.398 e. The van der Waals surface area contributed by atoms with Crippen molar-refractivity contribution in [3.8, 4) is 0 Å². The molecule has 1 saturated carbocycles. The summed E-state index contributed by atoms with van der Waals surface area (Å²) in [5.74, 6) is -0.0129. The molecular formula is C17H15F4N3. The Morgan fingerprint density at radius 3 is 2.46 bits per heavy atom. The van der Waals surface area contributed by atoms with Gasteiger partial charge >= 0.3 is 6.18 Å². The van der Waals surface area contributed by atoms with Crippen molar-refractivity contribution in [2.24, 2.45) is 5.41 Å². The quantitative estimate of drug-likeness (QED) is 0.764.